The van der Waals surface area contributed by atoms with E-state index < -0.39 is 0 Å². The van der Waals surface area contributed by atoms with Gasteiger partial charge in [0.15, 0.2) is 17.5 Å². The lowest BCUT2D eigenvalue weighted by molar-refractivity contribution is 0.402. The average Bonchev–Trinajstić information content (AvgIpc) is 3.19. The third-order valence-electron chi connectivity index (χ3n) is 9.71. The molecule has 1 aliphatic rings. The molecule has 236 valence electrons. The first-order valence-electron chi connectivity index (χ1n) is 16.5. The molecule has 2 aromatic heterocycles. The first kappa shape index (κ1) is 31.8. The maximum atomic E-state index is 4.99. The van der Waals surface area contributed by atoms with E-state index in [4.69, 9.17) is 19.9 Å². The Kier molecular flexibility index (Phi) is 7.58. The lowest BCUT2D eigenvalue weighted by atomic mass is 9.81. The minimum atomic E-state index is 0.0688. The van der Waals surface area contributed by atoms with Crippen molar-refractivity contribution in [3.63, 3.8) is 0 Å². The summed E-state index contributed by atoms with van der Waals surface area (Å²) in [5.41, 5.74) is 12.2. The highest BCUT2D eigenvalue weighted by Crippen LogP contribution is 2.51. The fourth-order valence-electron chi connectivity index (χ4n) is 7.40. The van der Waals surface area contributed by atoms with E-state index in [9.17, 15) is 0 Å². The molecule has 4 heteroatoms. The number of benzene rings is 3. The van der Waals surface area contributed by atoms with E-state index in [1.165, 1.54) is 33.4 Å². The Bertz CT molecular complexity index is 1820. The molecule has 0 saturated heterocycles. The maximum absolute atomic E-state index is 4.99. The fourth-order valence-corrected chi connectivity index (χ4v) is 7.40. The van der Waals surface area contributed by atoms with E-state index in [0.29, 0.717) is 17.5 Å². The second-order valence-corrected chi connectivity index (χ2v) is 16.5. The van der Waals surface area contributed by atoms with Crippen molar-refractivity contribution in [2.45, 2.75) is 104 Å². The van der Waals surface area contributed by atoms with Crippen LogP contribution in [0.3, 0.4) is 0 Å². The molecule has 0 bridgehead atoms. The molecule has 3 aromatic carbocycles. The molecule has 4 nitrogen and oxygen atoms in total. The topological polar surface area (TPSA) is 51.6 Å². The summed E-state index contributed by atoms with van der Waals surface area (Å²) in [6.07, 6.45) is 3.05. The molecular formula is C42H48N4. The minimum absolute atomic E-state index is 0.0688. The van der Waals surface area contributed by atoms with Gasteiger partial charge in [0.2, 0.25) is 0 Å². The fraction of sp³-hybridized carbons (Fsp3) is 0.381. The van der Waals surface area contributed by atoms with Gasteiger partial charge in [-0.2, -0.15) is 0 Å². The van der Waals surface area contributed by atoms with Gasteiger partial charge in [-0.1, -0.05) is 130 Å². The van der Waals surface area contributed by atoms with E-state index in [-0.39, 0.29) is 21.7 Å². The van der Waals surface area contributed by atoms with Gasteiger partial charge < -0.3 is 0 Å². The summed E-state index contributed by atoms with van der Waals surface area (Å²) in [6, 6.07) is 25.9. The Morgan fingerprint density at radius 1 is 0.543 bits per heavy atom. The number of aromatic nitrogens is 4. The lowest BCUT2D eigenvalue weighted by Crippen LogP contribution is -2.18. The van der Waals surface area contributed by atoms with Gasteiger partial charge in [-0.15, -0.1) is 0 Å². The van der Waals surface area contributed by atoms with Crippen LogP contribution in [0.25, 0.3) is 45.4 Å². The van der Waals surface area contributed by atoms with Gasteiger partial charge in [-0.25, -0.2) is 15.0 Å². The molecule has 0 N–H and O–H groups in total. The number of nitrogens with zero attached hydrogens (tertiary/aromatic N) is 4. The van der Waals surface area contributed by atoms with Crippen LogP contribution >= 0.6 is 0 Å². The minimum Gasteiger partial charge on any atom is -0.255 e. The van der Waals surface area contributed by atoms with Crippen molar-refractivity contribution < 1.29 is 0 Å². The third kappa shape index (κ3) is 5.90. The van der Waals surface area contributed by atoms with Gasteiger partial charge >= 0.3 is 0 Å². The molecule has 0 radical (unpaired) electrons. The van der Waals surface area contributed by atoms with E-state index in [1.54, 1.807) is 0 Å². The zero-order chi connectivity index (χ0) is 33.2. The van der Waals surface area contributed by atoms with Crippen LogP contribution in [0, 0.1) is 6.92 Å². The number of fused-ring (bicyclic) bond motifs is 1. The van der Waals surface area contributed by atoms with Crippen molar-refractivity contribution in [2.24, 2.45) is 0 Å². The van der Waals surface area contributed by atoms with Crippen LogP contribution in [0.2, 0.25) is 0 Å². The van der Waals surface area contributed by atoms with Crippen molar-refractivity contribution in [3.05, 3.63) is 107 Å². The van der Waals surface area contributed by atoms with Crippen molar-refractivity contribution in [3.8, 4) is 45.4 Å². The Labute approximate surface area is 275 Å². The molecule has 46 heavy (non-hydrogen) atoms. The molecular weight excluding hydrogens is 560 g/mol. The van der Waals surface area contributed by atoms with Crippen molar-refractivity contribution >= 4 is 0 Å². The summed E-state index contributed by atoms with van der Waals surface area (Å²) in [4.78, 5) is 19.9. The van der Waals surface area contributed by atoms with Crippen LogP contribution in [-0.2, 0) is 21.7 Å². The van der Waals surface area contributed by atoms with Gasteiger partial charge in [0.25, 0.3) is 0 Å². The monoisotopic (exact) mass is 608 g/mol. The van der Waals surface area contributed by atoms with Crippen LogP contribution in [-0.4, -0.2) is 19.9 Å². The third-order valence-corrected chi connectivity index (χ3v) is 9.71. The predicted octanol–water partition coefficient (Wildman–Crippen LogP) is 10.8. The smallest absolute Gasteiger partial charge is 0.165 e. The van der Waals surface area contributed by atoms with E-state index in [1.807, 2.05) is 6.20 Å². The Balaban J connectivity index is 1.42. The van der Waals surface area contributed by atoms with Crippen LogP contribution < -0.4 is 0 Å². The highest BCUT2D eigenvalue weighted by molar-refractivity contribution is 5.72. The van der Waals surface area contributed by atoms with Gasteiger partial charge in [0.1, 0.15) is 0 Å². The van der Waals surface area contributed by atoms with E-state index in [0.717, 1.165) is 28.8 Å². The van der Waals surface area contributed by atoms with Crippen LogP contribution in [0.5, 0.6) is 0 Å². The molecule has 6 rings (SSSR count). The Morgan fingerprint density at radius 2 is 1.00 bits per heavy atom. The Hall–Kier alpha value is -4.18. The highest BCUT2D eigenvalue weighted by atomic mass is 15.0. The molecule has 0 amide bonds. The van der Waals surface area contributed by atoms with E-state index >= 15 is 0 Å². The zero-order valence-electron chi connectivity index (χ0n) is 29.5. The first-order valence-corrected chi connectivity index (χ1v) is 16.5. The van der Waals surface area contributed by atoms with E-state index in [2.05, 4.69) is 149 Å². The Morgan fingerprint density at radius 3 is 1.43 bits per heavy atom. The van der Waals surface area contributed by atoms with Crippen LogP contribution in [0.4, 0.5) is 0 Å². The number of hydrogen-bond donors (Lipinski definition) is 0. The SMILES string of the molecule is Cc1c(-c2ccc(-c3nc(-c4ccc(C(C)(C)C)cc4)nc(-c4ccc(C(C)(C)C)cc4)n3)cn2)ccc2c1C(C)(C)CC2(C)C. The summed E-state index contributed by atoms with van der Waals surface area (Å²) < 4.78 is 0. The molecule has 0 aliphatic heterocycles. The summed E-state index contributed by atoms with van der Waals surface area (Å²) in [5, 5.41) is 0. The van der Waals surface area contributed by atoms with Crippen molar-refractivity contribution in [1.82, 2.24) is 19.9 Å². The van der Waals surface area contributed by atoms with Crippen molar-refractivity contribution in [1.29, 1.82) is 0 Å². The number of pyridine rings is 1. The van der Waals surface area contributed by atoms with Gasteiger partial charge in [-0.3, -0.25) is 4.98 Å². The van der Waals surface area contributed by atoms with Crippen LogP contribution in [0.1, 0.15) is 103 Å². The van der Waals surface area contributed by atoms with Gasteiger partial charge in [0.05, 0.1) is 5.69 Å². The van der Waals surface area contributed by atoms with Gasteiger partial charge in [0, 0.05) is 28.5 Å². The summed E-state index contributed by atoms with van der Waals surface area (Å²) in [7, 11) is 0. The molecule has 1 aliphatic carbocycles. The molecule has 0 saturated carbocycles. The molecule has 0 fully saturated rings. The number of hydrogen-bond acceptors (Lipinski definition) is 4. The second kappa shape index (κ2) is 11.0. The normalized spacial score (nSPS) is 15.5. The number of rotatable bonds is 4. The van der Waals surface area contributed by atoms with Gasteiger partial charge in [-0.05, 0) is 75.0 Å². The zero-order valence-corrected chi connectivity index (χ0v) is 29.5. The largest absolute Gasteiger partial charge is 0.255 e. The molecule has 5 aromatic rings. The summed E-state index contributed by atoms with van der Waals surface area (Å²) >= 11 is 0. The average molecular weight is 609 g/mol. The quantitative estimate of drug-likeness (QED) is 0.204. The second-order valence-electron chi connectivity index (χ2n) is 16.5. The lowest BCUT2D eigenvalue weighted by Gasteiger charge is -2.23. The molecule has 0 atom stereocenters. The molecule has 0 spiro atoms. The molecule has 0 unspecified atom stereocenters. The highest BCUT2D eigenvalue weighted by Gasteiger charge is 2.43. The maximum Gasteiger partial charge on any atom is 0.165 e. The first-order chi connectivity index (χ1) is 21.4. The summed E-state index contributed by atoms with van der Waals surface area (Å²) in [5.74, 6) is 1.93. The summed E-state index contributed by atoms with van der Waals surface area (Å²) in [6.45, 7) is 25.1. The van der Waals surface area contributed by atoms with Crippen molar-refractivity contribution in [2.75, 3.05) is 0 Å². The predicted molar refractivity (Wildman–Crippen MR) is 192 cm³/mol. The molecule has 2 heterocycles. The van der Waals surface area contributed by atoms with Crippen LogP contribution in [0.15, 0.2) is 79.0 Å². The standard InChI is InChI=1S/C42H48N4/c1-26-32(21-22-33-35(26)42(10,11)25-41(33,8)9)34-23-16-29(24-43-34)38-45-36(27-12-17-30(18-13-27)39(2,3)4)44-37(46-38)28-14-19-31(20-15-28)40(5,6)7/h12-24H,25H2,1-11H3.